The Morgan fingerprint density at radius 2 is 1.92 bits per heavy atom. The average molecular weight is 335 g/mol. The molecule has 2 rings (SSSR count). The van der Waals surface area contributed by atoms with Gasteiger partial charge in [0.1, 0.15) is 6.04 Å². The number of nitrogens with zero attached hydrogens (tertiary/aromatic N) is 2. The number of benzene rings is 1. The second kappa shape index (κ2) is 8.43. The molecular weight excluding hydrogens is 310 g/mol. The summed E-state index contributed by atoms with van der Waals surface area (Å²) in [7, 11) is 0. The molecule has 0 aliphatic heterocycles. The van der Waals surface area contributed by atoms with Gasteiger partial charge >= 0.3 is 0 Å². The molecule has 1 unspecified atom stereocenters. The quantitative estimate of drug-likeness (QED) is 0.865. The van der Waals surface area contributed by atoms with E-state index in [2.05, 4.69) is 37.1 Å². The van der Waals surface area contributed by atoms with Crippen molar-refractivity contribution >= 4 is 5.91 Å². The fourth-order valence-electron chi connectivity index (χ4n) is 2.57. The number of nitriles is 1. The van der Waals surface area contributed by atoms with E-state index in [-0.39, 0.29) is 11.3 Å². The minimum absolute atomic E-state index is 0.0649. The third-order valence-corrected chi connectivity index (χ3v) is 4.11. The first-order valence-electron chi connectivity index (χ1n) is 8.59. The molecule has 1 heterocycles. The number of nitrogens with one attached hydrogen (secondary N) is 1. The SMILES string of the molecule is CC(C)(C)c1ccc(C(C#N)NC(=O)CCCc2ccccn2)cc1. The molecule has 1 amide bonds. The summed E-state index contributed by atoms with van der Waals surface area (Å²) in [6, 6.07) is 15.2. The molecule has 0 spiro atoms. The van der Waals surface area contributed by atoms with E-state index < -0.39 is 6.04 Å². The van der Waals surface area contributed by atoms with Crippen molar-refractivity contribution in [2.75, 3.05) is 0 Å². The zero-order valence-electron chi connectivity index (χ0n) is 15.1. The lowest BCUT2D eigenvalue weighted by atomic mass is 9.86. The smallest absolute Gasteiger partial charge is 0.221 e. The Morgan fingerprint density at radius 1 is 1.20 bits per heavy atom. The lowest BCUT2D eigenvalue weighted by Gasteiger charge is -2.20. The molecule has 0 aliphatic carbocycles. The van der Waals surface area contributed by atoms with Gasteiger partial charge in [-0.1, -0.05) is 51.1 Å². The van der Waals surface area contributed by atoms with Gasteiger partial charge in [-0.25, -0.2) is 0 Å². The van der Waals surface area contributed by atoms with E-state index in [9.17, 15) is 10.1 Å². The number of rotatable bonds is 6. The van der Waals surface area contributed by atoms with Crippen LogP contribution in [0, 0.1) is 11.3 Å². The van der Waals surface area contributed by atoms with Crippen LogP contribution in [0.5, 0.6) is 0 Å². The van der Waals surface area contributed by atoms with Gasteiger partial charge in [0.25, 0.3) is 0 Å². The minimum atomic E-state index is -0.614. The van der Waals surface area contributed by atoms with Crippen LogP contribution in [0.4, 0.5) is 0 Å². The van der Waals surface area contributed by atoms with Gasteiger partial charge in [0.2, 0.25) is 5.91 Å². The van der Waals surface area contributed by atoms with Crippen LogP contribution in [-0.4, -0.2) is 10.9 Å². The largest absolute Gasteiger partial charge is 0.337 e. The highest BCUT2D eigenvalue weighted by atomic mass is 16.1. The van der Waals surface area contributed by atoms with Crippen molar-refractivity contribution in [2.24, 2.45) is 0 Å². The summed E-state index contributed by atoms with van der Waals surface area (Å²) in [5.41, 5.74) is 3.06. The molecule has 1 N–H and O–H groups in total. The average Bonchev–Trinajstić information content (AvgIpc) is 2.60. The van der Waals surface area contributed by atoms with Gasteiger partial charge in [-0.15, -0.1) is 0 Å². The Labute approximate surface area is 149 Å². The highest BCUT2D eigenvalue weighted by Crippen LogP contribution is 2.24. The van der Waals surface area contributed by atoms with Gasteiger partial charge in [0.15, 0.2) is 0 Å². The molecule has 0 saturated heterocycles. The summed E-state index contributed by atoms with van der Waals surface area (Å²) in [5.74, 6) is -0.109. The number of pyridine rings is 1. The molecule has 4 nitrogen and oxygen atoms in total. The first kappa shape index (κ1) is 18.7. The summed E-state index contributed by atoms with van der Waals surface area (Å²) in [4.78, 5) is 16.4. The molecule has 0 fully saturated rings. The fourth-order valence-corrected chi connectivity index (χ4v) is 2.57. The number of aromatic nitrogens is 1. The number of hydrogen-bond donors (Lipinski definition) is 1. The highest BCUT2D eigenvalue weighted by Gasteiger charge is 2.17. The minimum Gasteiger partial charge on any atom is -0.337 e. The lowest BCUT2D eigenvalue weighted by Crippen LogP contribution is -2.27. The van der Waals surface area contributed by atoms with Crippen LogP contribution in [-0.2, 0) is 16.6 Å². The maximum Gasteiger partial charge on any atom is 0.221 e. The fraction of sp³-hybridized carbons (Fsp3) is 0.381. The van der Waals surface area contributed by atoms with Crippen LogP contribution in [0.15, 0.2) is 48.7 Å². The van der Waals surface area contributed by atoms with E-state index in [4.69, 9.17) is 0 Å². The van der Waals surface area contributed by atoms with Crippen LogP contribution >= 0.6 is 0 Å². The van der Waals surface area contributed by atoms with Crippen molar-refractivity contribution in [3.8, 4) is 6.07 Å². The summed E-state index contributed by atoms with van der Waals surface area (Å²) in [6.45, 7) is 6.44. The Bertz CT molecular complexity index is 724. The molecule has 2 aromatic rings. The second-order valence-electron chi connectivity index (χ2n) is 7.18. The molecule has 0 aliphatic rings. The number of aryl methyl sites for hydroxylation is 1. The monoisotopic (exact) mass is 335 g/mol. The van der Waals surface area contributed by atoms with E-state index in [1.165, 1.54) is 5.56 Å². The van der Waals surface area contributed by atoms with Crippen molar-refractivity contribution in [2.45, 2.75) is 51.5 Å². The van der Waals surface area contributed by atoms with Crippen molar-refractivity contribution in [1.29, 1.82) is 5.26 Å². The van der Waals surface area contributed by atoms with Crippen molar-refractivity contribution < 1.29 is 4.79 Å². The maximum atomic E-state index is 12.1. The standard InChI is InChI=1S/C21H25N3O/c1-21(2,3)17-12-10-16(11-13-17)19(15-22)24-20(25)9-6-8-18-7-4-5-14-23-18/h4-5,7,10-14,19H,6,8-9H2,1-3H3,(H,24,25). The van der Waals surface area contributed by atoms with Gasteiger partial charge in [-0.05, 0) is 41.5 Å². The zero-order valence-corrected chi connectivity index (χ0v) is 15.1. The number of carbonyl (C=O) groups excluding carboxylic acids is 1. The van der Waals surface area contributed by atoms with E-state index in [0.29, 0.717) is 12.8 Å². The molecule has 25 heavy (non-hydrogen) atoms. The van der Waals surface area contributed by atoms with Crippen LogP contribution in [0.25, 0.3) is 0 Å². The number of hydrogen-bond acceptors (Lipinski definition) is 3. The third kappa shape index (κ3) is 5.72. The summed E-state index contributed by atoms with van der Waals surface area (Å²) >= 11 is 0. The molecule has 0 bridgehead atoms. The summed E-state index contributed by atoms with van der Waals surface area (Å²) in [5, 5.41) is 12.2. The Balaban J connectivity index is 1.88. The van der Waals surface area contributed by atoms with Crippen LogP contribution in [0.2, 0.25) is 0 Å². The molecular formula is C21H25N3O. The molecule has 4 heteroatoms. The first-order chi connectivity index (χ1) is 11.9. The van der Waals surface area contributed by atoms with Gasteiger partial charge in [0.05, 0.1) is 6.07 Å². The Morgan fingerprint density at radius 3 is 2.48 bits per heavy atom. The second-order valence-corrected chi connectivity index (χ2v) is 7.18. The van der Waals surface area contributed by atoms with Crippen LogP contribution < -0.4 is 5.32 Å². The van der Waals surface area contributed by atoms with Gasteiger partial charge in [0, 0.05) is 18.3 Å². The molecule has 0 radical (unpaired) electrons. The van der Waals surface area contributed by atoms with Gasteiger partial charge in [-0.2, -0.15) is 5.26 Å². The number of amides is 1. The van der Waals surface area contributed by atoms with Crippen molar-refractivity contribution in [3.05, 3.63) is 65.5 Å². The first-order valence-corrected chi connectivity index (χ1v) is 8.59. The zero-order chi connectivity index (χ0) is 18.3. The molecule has 1 atom stereocenters. The van der Waals surface area contributed by atoms with E-state index in [1.54, 1.807) is 6.20 Å². The molecule has 1 aromatic heterocycles. The van der Waals surface area contributed by atoms with E-state index >= 15 is 0 Å². The topological polar surface area (TPSA) is 65.8 Å². The number of carbonyl (C=O) groups is 1. The predicted molar refractivity (Wildman–Crippen MR) is 98.8 cm³/mol. The normalized spacial score (nSPS) is 12.2. The molecule has 130 valence electrons. The van der Waals surface area contributed by atoms with Gasteiger partial charge in [-0.3, -0.25) is 9.78 Å². The summed E-state index contributed by atoms with van der Waals surface area (Å²) in [6.07, 6.45) is 3.60. The Hall–Kier alpha value is -2.67. The predicted octanol–water partition coefficient (Wildman–Crippen LogP) is 4.08. The third-order valence-electron chi connectivity index (χ3n) is 4.11. The van der Waals surface area contributed by atoms with Crippen LogP contribution in [0.3, 0.4) is 0 Å². The summed E-state index contributed by atoms with van der Waals surface area (Å²) < 4.78 is 0. The van der Waals surface area contributed by atoms with Crippen molar-refractivity contribution in [3.63, 3.8) is 0 Å². The maximum absolute atomic E-state index is 12.1. The van der Waals surface area contributed by atoms with Crippen molar-refractivity contribution in [1.82, 2.24) is 10.3 Å². The van der Waals surface area contributed by atoms with Crippen LogP contribution in [0.1, 0.15) is 56.5 Å². The highest BCUT2D eigenvalue weighted by molar-refractivity contribution is 5.76. The van der Waals surface area contributed by atoms with Gasteiger partial charge < -0.3 is 5.32 Å². The molecule has 0 saturated carbocycles. The van der Waals surface area contributed by atoms with E-state index in [1.807, 2.05) is 42.5 Å². The lowest BCUT2D eigenvalue weighted by molar-refractivity contribution is -0.121. The van der Waals surface area contributed by atoms with E-state index in [0.717, 1.165) is 17.7 Å². The molecule has 1 aromatic carbocycles. The Kier molecular flexibility index (Phi) is 6.30.